The quantitative estimate of drug-likeness (QED) is 0.780. The molecule has 0 radical (unpaired) electrons. The molecule has 1 aliphatic heterocycles. The fourth-order valence-corrected chi connectivity index (χ4v) is 3.36. The summed E-state index contributed by atoms with van der Waals surface area (Å²) in [5, 5.41) is 0. The molecule has 0 aliphatic carbocycles. The summed E-state index contributed by atoms with van der Waals surface area (Å²) < 4.78 is 15.9. The average Bonchev–Trinajstić information content (AvgIpc) is 2.94. The van der Waals surface area contributed by atoms with Crippen molar-refractivity contribution in [2.45, 2.75) is 50.8 Å². The Morgan fingerprint density at radius 3 is 2.36 bits per heavy atom. The second-order valence-electron chi connectivity index (χ2n) is 7.27. The van der Waals surface area contributed by atoms with Crippen molar-refractivity contribution in [1.82, 2.24) is 4.90 Å². The zero-order valence-electron chi connectivity index (χ0n) is 15.6. The highest BCUT2D eigenvalue weighted by Gasteiger charge is 2.56. The van der Waals surface area contributed by atoms with Crippen LogP contribution in [0.4, 0.5) is 4.79 Å². The molecule has 0 bridgehead atoms. The van der Waals surface area contributed by atoms with Crippen molar-refractivity contribution in [3.8, 4) is 0 Å². The molecule has 0 spiro atoms. The number of benzene rings is 1. The molecular formula is C19H27NO5. The second kappa shape index (κ2) is 7.44. The number of ether oxygens (including phenoxy) is 3. The lowest BCUT2D eigenvalue weighted by molar-refractivity contribution is -0.157. The highest BCUT2D eigenvalue weighted by molar-refractivity contribution is 5.87. The van der Waals surface area contributed by atoms with Gasteiger partial charge >= 0.3 is 12.1 Å². The van der Waals surface area contributed by atoms with Crippen LogP contribution >= 0.6 is 0 Å². The zero-order chi connectivity index (χ0) is 18.7. The summed E-state index contributed by atoms with van der Waals surface area (Å²) in [7, 11) is 2.83. The molecule has 0 saturated carbocycles. The number of methoxy groups -OCH3 is 2. The van der Waals surface area contributed by atoms with Crippen LogP contribution in [0.15, 0.2) is 30.3 Å². The number of carbonyl (C=O) groups excluding carboxylic acids is 2. The van der Waals surface area contributed by atoms with E-state index in [0.717, 1.165) is 5.56 Å². The summed E-state index contributed by atoms with van der Waals surface area (Å²) in [4.78, 5) is 27.1. The van der Waals surface area contributed by atoms with Crippen molar-refractivity contribution < 1.29 is 23.8 Å². The van der Waals surface area contributed by atoms with Crippen LogP contribution in [0, 0.1) is 0 Å². The van der Waals surface area contributed by atoms with Crippen LogP contribution < -0.4 is 0 Å². The minimum atomic E-state index is -1.19. The Balaban J connectivity index is 2.48. The maximum atomic E-state index is 13.0. The molecule has 1 aromatic rings. The van der Waals surface area contributed by atoms with Gasteiger partial charge in [0, 0.05) is 7.11 Å². The zero-order valence-corrected chi connectivity index (χ0v) is 15.6. The van der Waals surface area contributed by atoms with Crippen molar-refractivity contribution in [3.63, 3.8) is 0 Å². The first-order valence-corrected chi connectivity index (χ1v) is 8.40. The first-order valence-electron chi connectivity index (χ1n) is 8.40. The van der Waals surface area contributed by atoms with E-state index in [9.17, 15) is 9.59 Å². The summed E-state index contributed by atoms with van der Waals surface area (Å²) in [5.41, 5.74) is -0.905. The lowest BCUT2D eigenvalue weighted by Crippen LogP contribution is -2.58. The van der Waals surface area contributed by atoms with Gasteiger partial charge in [-0.1, -0.05) is 30.3 Å². The Bertz CT molecular complexity index is 610. The Labute approximate surface area is 149 Å². The second-order valence-corrected chi connectivity index (χ2v) is 7.27. The molecule has 1 amide bonds. The van der Waals surface area contributed by atoms with E-state index in [1.807, 2.05) is 30.3 Å². The van der Waals surface area contributed by atoms with Crippen molar-refractivity contribution in [2.24, 2.45) is 0 Å². The minimum absolute atomic E-state index is 0.0578. The van der Waals surface area contributed by atoms with E-state index in [2.05, 4.69) is 0 Å². The van der Waals surface area contributed by atoms with Gasteiger partial charge in [-0.05, 0) is 39.2 Å². The van der Waals surface area contributed by atoms with Crippen molar-refractivity contribution in [2.75, 3.05) is 20.8 Å². The minimum Gasteiger partial charge on any atom is -0.467 e. The molecule has 1 fully saturated rings. The maximum Gasteiger partial charge on any atom is 0.411 e. The predicted octanol–water partition coefficient (Wildman–Crippen LogP) is 3.32. The van der Waals surface area contributed by atoms with E-state index in [1.165, 1.54) is 19.1 Å². The summed E-state index contributed by atoms with van der Waals surface area (Å²) in [6.45, 7) is 5.46. The first kappa shape index (κ1) is 19.2. The molecular weight excluding hydrogens is 322 g/mol. The Hall–Kier alpha value is -2.08. The van der Waals surface area contributed by atoms with Gasteiger partial charge in [0.1, 0.15) is 5.60 Å². The fourth-order valence-electron chi connectivity index (χ4n) is 3.36. The van der Waals surface area contributed by atoms with E-state index in [0.29, 0.717) is 12.8 Å². The summed E-state index contributed by atoms with van der Waals surface area (Å²) >= 11 is 0. The van der Waals surface area contributed by atoms with Gasteiger partial charge in [-0.25, -0.2) is 9.59 Å². The molecule has 1 heterocycles. The van der Waals surface area contributed by atoms with Gasteiger partial charge in [-0.3, -0.25) is 4.90 Å². The third-order valence-electron chi connectivity index (χ3n) is 4.33. The van der Waals surface area contributed by atoms with E-state index < -0.39 is 23.2 Å². The third kappa shape index (κ3) is 3.95. The smallest absolute Gasteiger partial charge is 0.411 e. The number of likely N-dealkylation sites (tertiary alicyclic amines) is 1. The van der Waals surface area contributed by atoms with Crippen LogP contribution in [0.25, 0.3) is 0 Å². The van der Waals surface area contributed by atoms with Crippen LogP contribution in [0.3, 0.4) is 0 Å². The molecule has 6 heteroatoms. The number of esters is 1. The number of carbonyl (C=O) groups is 2. The molecule has 25 heavy (non-hydrogen) atoms. The lowest BCUT2D eigenvalue weighted by atomic mass is 9.97. The molecule has 1 aromatic carbocycles. The van der Waals surface area contributed by atoms with Gasteiger partial charge in [0.2, 0.25) is 0 Å². The van der Waals surface area contributed by atoms with Gasteiger partial charge < -0.3 is 14.2 Å². The highest BCUT2D eigenvalue weighted by Crippen LogP contribution is 2.44. The number of hydrogen-bond donors (Lipinski definition) is 0. The van der Waals surface area contributed by atoms with E-state index >= 15 is 0 Å². The number of amides is 1. The van der Waals surface area contributed by atoms with Crippen molar-refractivity contribution >= 4 is 12.1 Å². The van der Waals surface area contributed by atoms with Crippen LogP contribution in [0.5, 0.6) is 0 Å². The van der Waals surface area contributed by atoms with Crippen LogP contribution in [-0.2, 0) is 19.0 Å². The maximum absolute atomic E-state index is 13.0. The van der Waals surface area contributed by atoms with Crippen LogP contribution in [-0.4, -0.2) is 48.9 Å². The molecule has 0 aromatic heterocycles. The molecule has 6 nitrogen and oxygen atoms in total. The Morgan fingerprint density at radius 1 is 1.20 bits per heavy atom. The van der Waals surface area contributed by atoms with Gasteiger partial charge in [-0.15, -0.1) is 0 Å². The Kier molecular flexibility index (Phi) is 5.72. The molecule has 2 atom stereocenters. The van der Waals surface area contributed by atoms with Gasteiger partial charge in [-0.2, -0.15) is 0 Å². The third-order valence-corrected chi connectivity index (χ3v) is 4.33. The van der Waals surface area contributed by atoms with Gasteiger partial charge in [0.15, 0.2) is 5.54 Å². The number of rotatable bonds is 4. The topological polar surface area (TPSA) is 65.1 Å². The number of nitrogens with zero attached hydrogens (tertiary/aromatic N) is 1. The SMILES string of the molecule is COC[C@]1(C(=O)OC)CC[C@@H](c2ccccc2)N1C(=O)OC(C)(C)C. The van der Waals surface area contributed by atoms with E-state index in [4.69, 9.17) is 14.2 Å². The monoisotopic (exact) mass is 349 g/mol. The standard InChI is InChI=1S/C19H27NO5/c1-18(2,3)25-17(22)20-15(14-9-7-6-8-10-14)11-12-19(20,13-23-4)16(21)24-5/h6-10,15H,11-13H2,1-5H3/t15-,19-/m0/s1. The summed E-state index contributed by atoms with van der Waals surface area (Å²) in [5.74, 6) is -0.487. The van der Waals surface area contributed by atoms with E-state index in [1.54, 1.807) is 20.8 Å². The molecule has 1 aliphatic rings. The Morgan fingerprint density at radius 2 is 1.84 bits per heavy atom. The largest absolute Gasteiger partial charge is 0.467 e. The molecule has 138 valence electrons. The fraction of sp³-hybridized carbons (Fsp3) is 0.579. The van der Waals surface area contributed by atoms with Crippen molar-refractivity contribution in [1.29, 1.82) is 0 Å². The molecule has 0 unspecified atom stereocenters. The van der Waals surface area contributed by atoms with Crippen LogP contribution in [0.1, 0.15) is 45.2 Å². The molecule has 2 rings (SSSR count). The normalized spacial score (nSPS) is 23.4. The summed E-state index contributed by atoms with van der Waals surface area (Å²) in [6, 6.07) is 9.36. The van der Waals surface area contributed by atoms with Gasteiger partial charge in [0.05, 0.1) is 19.8 Å². The number of hydrogen-bond acceptors (Lipinski definition) is 5. The predicted molar refractivity (Wildman–Crippen MR) is 93.1 cm³/mol. The lowest BCUT2D eigenvalue weighted by Gasteiger charge is -2.39. The van der Waals surface area contributed by atoms with Crippen LogP contribution in [0.2, 0.25) is 0 Å². The van der Waals surface area contributed by atoms with Gasteiger partial charge in [0.25, 0.3) is 0 Å². The highest BCUT2D eigenvalue weighted by atomic mass is 16.6. The summed E-state index contributed by atoms with van der Waals surface area (Å²) in [6.07, 6.45) is 0.537. The van der Waals surface area contributed by atoms with E-state index in [-0.39, 0.29) is 12.6 Å². The van der Waals surface area contributed by atoms with Crippen molar-refractivity contribution in [3.05, 3.63) is 35.9 Å². The molecule has 0 N–H and O–H groups in total. The average molecular weight is 349 g/mol. The molecule has 1 saturated heterocycles. The first-order chi connectivity index (χ1) is 11.7.